The number of esters is 1. The molecule has 0 radical (unpaired) electrons. The van der Waals surface area contributed by atoms with Gasteiger partial charge in [-0.2, -0.15) is 0 Å². The molecule has 172 valence electrons. The molecule has 5 nitrogen and oxygen atoms in total. The molecule has 4 rings (SSSR count). The minimum atomic E-state index is -0.732. The van der Waals surface area contributed by atoms with Crippen LogP contribution in [0.15, 0.2) is 0 Å². The molecule has 4 aliphatic carbocycles. The molecule has 0 aliphatic heterocycles. The quantitative estimate of drug-likeness (QED) is 0.603. The number of rotatable bonds is 4. The maximum atomic E-state index is 11.7. The van der Waals surface area contributed by atoms with E-state index in [0.29, 0.717) is 36.5 Å². The summed E-state index contributed by atoms with van der Waals surface area (Å²) in [7, 11) is 1.45. The zero-order chi connectivity index (χ0) is 21.8. The van der Waals surface area contributed by atoms with Crippen LogP contribution in [0.3, 0.4) is 0 Å². The normalized spacial score (nSPS) is 51.4. The first-order valence-corrected chi connectivity index (χ1v) is 12.2. The minimum absolute atomic E-state index is 0.00182. The van der Waals surface area contributed by atoms with Crippen LogP contribution in [0.1, 0.15) is 78.6 Å². The van der Waals surface area contributed by atoms with Crippen LogP contribution in [0.5, 0.6) is 0 Å². The highest BCUT2D eigenvalue weighted by Gasteiger charge is 2.65. The van der Waals surface area contributed by atoms with E-state index in [2.05, 4.69) is 20.8 Å². The van der Waals surface area contributed by atoms with Crippen LogP contribution < -0.4 is 0 Å². The Bertz CT molecular complexity index is 651. The van der Waals surface area contributed by atoms with Gasteiger partial charge in [0.2, 0.25) is 0 Å². The Morgan fingerprint density at radius 1 is 0.967 bits per heavy atom. The molecule has 30 heavy (non-hydrogen) atoms. The van der Waals surface area contributed by atoms with Gasteiger partial charge in [-0.15, -0.1) is 0 Å². The number of aliphatic hydroxyl groups is 3. The van der Waals surface area contributed by atoms with E-state index in [1.54, 1.807) is 0 Å². The van der Waals surface area contributed by atoms with E-state index in [0.717, 1.165) is 38.5 Å². The Labute approximate surface area is 181 Å². The minimum Gasteiger partial charge on any atom is -0.469 e. The van der Waals surface area contributed by atoms with Gasteiger partial charge in [-0.3, -0.25) is 4.79 Å². The standard InChI is InChI=1S/C25H42O5/c1-14(5-8-20(27)30-4)16-6-7-17-21-18(10-12-24(16,17)2)25(3)11-9-15(26)13-19(25)22(28)23(21)29/h14-19,21-23,26,28-29H,5-13H2,1-4H3/t14-,15+,16?,17?,18?,19-,21?,22-,23+,24+,25+/m0/s1. The third-order valence-electron chi connectivity index (χ3n) is 10.5. The Kier molecular flexibility index (Phi) is 6.04. The summed E-state index contributed by atoms with van der Waals surface area (Å²) in [6.07, 6.45) is 6.48. The first kappa shape index (κ1) is 22.5. The summed E-state index contributed by atoms with van der Waals surface area (Å²) in [6.45, 7) is 7.02. The van der Waals surface area contributed by atoms with E-state index >= 15 is 0 Å². The summed E-state index contributed by atoms with van der Waals surface area (Å²) in [5.74, 6) is 1.87. The number of hydrogen-bond donors (Lipinski definition) is 3. The molecule has 5 heteroatoms. The fourth-order valence-corrected chi connectivity index (χ4v) is 8.86. The fourth-order valence-electron chi connectivity index (χ4n) is 8.86. The number of carbonyl (C=O) groups is 1. The Hall–Kier alpha value is -0.650. The largest absolute Gasteiger partial charge is 0.469 e. The smallest absolute Gasteiger partial charge is 0.305 e. The molecule has 3 N–H and O–H groups in total. The van der Waals surface area contributed by atoms with E-state index in [1.807, 2.05) is 0 Å². The van der Waals surface area contributed by atoms with Gasteiger partial charge < -0.3 is 20.1 Å². The lowest BCUT2D eigenvalue weighted by molar-refractivity contribution is -0.223. The van der Waals surface area contributed by atoms with Crippen LogP contribution in [0.2, 0.25) is 0 Å². The van der Waals surface area contributed by atoms with Crippen LogP contribution in [0, 0.1) is 46.3 Å². The van der Waals surface area contributed by atoms with Gasteiger partial charge >= 0.3 is 5.97 Å². The zero-order valence-electron chi connectivity index (χ0n) is 19.2. The molecule has 0 saturated heterocycles. The van der Waals surface area contributed by atoms with Crippen LogP contribution in [0.25, 0.3) is 0 Å². The first-order valence-electron chi connectivity index (χ1n) is 12.2. The van der Waals surface area contributed by atoms with Crippen molar-refractivity contribution >= 4 is 5.97 Å². The summed E-state index contributed by atoms with van der Waals surface area (Å²) in [5, 5.41) is 32.7. The van der Waals surface area contributed by atoms with E-state index in [-0.39, 0.29) is 34.7 Å². The van der Waals surface area contributed by atoms with Gasteiger partial charge in [0.25, 0.3) is 0 Å². The number of ether oxygens (including phenoxy) is 1. The van der Waals surface area contributed by atoms with Crippen molar-refractivity contribution in [1.82, 2.24) is 0 Å². The molecule has 0 aromatic rings. The van der Waals surface area contributed by atoms with Crippen molar-refractivity contribution in [3.05, 3.63) is 0 Å². The predicted octanol–water partition coefficient (Wildman–Crippen LogP) is 3.54. The van der Waals surface area contributed by atoms with Crippen molar-refractivity contribution in [3.8, 4) is 0 Å². The Balaban J connectivity index is 1.56. The van der Waals surface area contributed by atoms with Gasteiger partial charge in [-0.25, -0.2) is 0 Å². The van der Waals surface area contributed by atoms with Gasteiger partial charge in [0, 0.05) is 6.42 Å². The molecule has 4 saturated carbocycles. The molecule has 0 aromatic heterocycles. The monoisotopic (exact) mass is 422 g/mol. The highest BCUT2D eigenvalue weighted by atomic mass is 16.5. The van der Waals surface area contributed by atoms with E-state index < -0.39 is 12.2 Å². The van der Waals surface area contributed by atoms with Crippen LogP contribution in [0.4, 0.5) is 0 Å². The second-order valence-corrected chi connectivity index (χ2v) is 11.6. The average Bonchev–Trinajstić information content (AvgIpc) is 3.08. The van der Waals surface area contributed by atoms with Crippen LogP contribution >= 0.6 is 0 Å². The van der Waals surface area contributed by atoms with Crippen molar-refractivity contribution < 1.29 is 24.9 Å². The maximum Gasteiger partial charge on any atom is 0.305 e. The summed E-state index contributed by atoms with van der Waals surface area (Å²) < 4.78 is 4.84. The van der Waals surface area contributed by atoms with Gasteiger partial charge in [0.1, 0.15) is 0 Å². The Morgan fingerprint density at radius 2 is 1.63 bits per heavy atom. The van der Waals surface area contributed by atoms with Gasteiger partial charge in [0.05, 0.1) is 25.4 Å². The van der Waals surface area contributed by atoms with Gasteiger partial charge in [0.15, 0.2) is 0 Å². The molecule has 0 spiro atoms. The van der Waals surface area contributed by atoms with Crippen molar-refractivity contribution in [2.24, 2.45) is 46.3 Å². The molecule has 0 bridgehead atoms. The van der Waals surface area contributed by atoms with Gasteiger partial charge in [-0.1, -0.05) is 20.8 Å². The summed E-state index contributed by atoms with van der Waals surface area (Å²) >= 11 is 0. The molecule has 0 aromatic carbocycles. The lowest BCUT2D eigenvalue weighted by Crippen LogP contribution is -2.64. The second kappa shape index (κ2) is 8.04. The van der Waals surface area contributed by atoms with E-state index in [1.165, 1.54) is 13.5 Å². The SMILES string of the molecule is COC(=O)CC[C@H](C)C1CCC2C3C(CC[C@@]21C)[C@@]1(C)CC[C@@H](O)C[C@H]1[C@H](O)[C@@H]3O. The molecule has 0 heterocycles. The highest BCUT2D eigenvalue weighted by molar-refractivity contribution is 5.69. The van der Waals surface area contributed by atoms with Gasteiger partial charge in [-0.05, 0) is 97.7 Å². The number of methoxy groups -OCH3 is 1. The van der Waals surface area contributed by atoms with Crippen LogP contribution in [-0.4, -0.2) is 46.7 Å². The van der Waals surface area contributed by atoms with Crippen LogP contribution in [-0.2, 0) is 9.53 Å². The summed E-state index contributed by atoms with van der Waals surface area (Å²) in [6, 6.07) is 0. The van der Waals surface area contributed by atoms with Crippen molar-refractivity contribution in [1.29, 1.82) is 0 Å². The second-order valence-electron chi connectivity index (χ2n) is 11.6. The topological polar surface area (TPSA) is 87.0 Å². The summed E-state index contributed by atoms with van der Waals surface area (Å²) in [4.78, 5) is 11.7. The summed E-state index contributed by atoms with van der Waals surface area (Å²) in [5.41, 5.74) is 0.174. The molecular formula is C25H42O5. The molecular weight excluding hydrogens is 380 g/mol. The van der Waals surface area contributed by atoms with E-state index in [9.17, 15) is 20.1 Å². The van der Waals surface area contributed by atoms with Crippen molar-refractivity contribution in [2.75, 3.05) is 7.11 Å². The lowest BCUT2D eigenvalue weighted by atomic mass is 9.43. The lowest BCUT2D eigenvalue weighted by Gasteiger charge is -2.63. The predicted molar refractivity (Wildman–Crippen MR) is 114 cm³/mol. The molecule has 4 aliphatic rings. The highest BCUT2D eigenvalue weighted by Crippen LogP contribution is 2.68. The Morgan fingerprint density at radius 3 is 2.33 bits per heavy atom. The fraction of sp³-hybridized carbons (Fsp3) is 0.960. The molecule has 0 amide bonds. The third-order valence-corrected chi connectivity index (χ3v) is 10.5. The number of hydrogen-bond acceptors (Lipinski definition) is 5. The third kappa shape index (κ3) is 3.34. The number of aliphatic hydroxyl groups excluding tert-OH is 3. The zero-order valence-corrected chi connectivity index (χ0v) is 19.2. The van der Waals surface area contributed by atoms with Crippen molar-refractivity contribution in [3.63, 3.8) is 0 Å². The number of fused-ring (bicyclic) bond motifs is 5. The molecule has 4 fully saturated rings. The number of carbonyl (C=O) groups excluding carboxylic acids is 1. The van der Waals surface area contributed by atoms with Crippen molar-refractivity contribution in [2.45, 2.75) is 96.9 Å². The molecule has 4 unspecified atom stereocenters. The maximum absolute atomic E-state index is 11.7. The van der Waals surface area contributed by atoms with E-state index in [4.69, 9.17) is 4.74 Å². The average molecular weight is 423 g/mol. The first-order chi connectivity index (χ1) is 14.1. The molecule has 11 atom stereocenters.